The third kappa shape index (κ3) is 4.66. The van der Waals surface area contributed by atoms with Crippen LogP contribution in [0.2, 0.25) is 0 Å². The maximum Gasteiger partial charge on any atom is 0.339 e. The smallest absolute Gasteiger partial charge is 0.339 e. The van der Waals surface area contributed by atoms with E-state index >= 15 is 0 Å². The third-order valence-electron chi connectivity index (χ3n) is 5.56. The second kappa shape index (κ2) is 8.53. The van der Waals surface area contributed by atoms with Crippen LogP contribution in [-0.4, -0.2) is 40.9 Å². The fraction of sp³-hybridized carbons (Fsp3) is 0.455. The van der Waals surface area contributed by atoms with Gasteiger partial charge in [0.25, 0.3) is 0 Å². The number of aromatic nitrogens is 1. The lowest BCUT2D eigenvalue weighted by molar-refractivity contribution is 0.0695. The van der Waals surface area contributed by atoms with Crippen LogP contribution < -0.4 is 4.90 Å². The quantitative estimate of drug-likeness (QED) is 0.780. The summed E-state index contributed by atoms with van der Waals surface area (Å²) in [4.78, 5) is 18.2. The van der Waals surface area contributed by atoms with E-state index in [0.717, 1.165) is 44.3 Å². The van der Waals surface area contributed by atoms with Gasteiger partial charge in [-0.15, -0.1) is 0 Å². The summed E-state index contributed by atoms with van der Waals surface area (Å²) in [6, 6.07) is 13.8. The summed E-state index contributed by atoms with van der Waals surface area (Å²) in [5.74, 6) is -0.426. The standard InChI is InChI=1S/C22H28N2O3/c1-17-10-11-19(21(26)27)20(23-17)24-14-6-13-22(15-24,16-25)12-5-9-18-7-3-2-4-8-18/h2-4,7-8,10-11,25H,5-6,9,12-16H2,1H3,(H,26,27)/t22-/m1/s1. The van der Waals surface area contributed by atoms with Crippen molar-refractivity contribution in [2.45, 2.75) is 39.0 Å². The van der Waals surface area contributed by atoms with E-state index in [4.69, 9.17) is 0 Å². The predicted molar refractivity (Wildman–Crippen MR) is 106 cm³/mol. The van der Waals surface area contributed by atoms with E-state index in [2.05, 4.69) is 34.1 Å². The van der Waals surface area contributed by atoms with Gasteiger partial charge in [0.1, 0.15) is 11.4 Å². The van der Waals surface area contributed by atoms with Crippen LogP contribution in [0.3, 0.4) is 0 Å². The number of carboxylic acids is 1. The number of rotatable bonds is 7. The molecule has 2 aromatic rings. The van der Waals surface area contributed by atoms with Crippen LogP contribution in [0.25, 0.3) is 0 Å². The molecule has 5 heteroatoms. The number of aliphatic hydroxyl groups is 1. The molecule has 1 aromatic heterocycles. The Morgan fingerprint density at radius 3 is 2.70 bits per heavy atom. The zero-order valence-electron chi connectivity index (χ0n) is 15.9. The number of aliphatic hydroxyl groups excluding tert-OH is 1. The number of piperidine rings is 1. The Balaban J connectivity index is 1.73. The molecule has 144 valence electrons. The van der Waals surface area contributed by atoms with Crippen molar-refractivity contribution in [2.75, 3.05) is 24.6 Å². The molecule has 0 amide bonds. The molecule has 1 fully saturated rings. The Hall–Kier alpha value is -2.40. The first-order valence-electron chi connectivity index (χ1n) is 9.64. The minimum absolute atomic E-state index is 0.118. The molecule has 0 unspecified atom stereocenters. The minimum atomic E-state index is -0.957. The minimum Gasteiger partial charge on any atom is -0.478 e. The average molecular weight is 368 g/mol. The lowest BCUT2D eigenvalue weighted by Gasteiger charge is -2.43. The summed E-state index contributed by atoms with van der Waals surface area (Å²) >= 11 is 0. The molecule has 0 bridgehead atoms. The number of carboxylic acid groups (broad SMARTS) is 1. The van der Waals surface area contributed by atoms with Gasteiger partial charge in [-0.3, -0.25) is 0 Å². The van der Waals surface area contributed by atoms with Crippen molar-refractivity contribution >= 4 is 11.8 Å². The Labute approximate surface area is 160 Å². The largest absolute Gasteiger partial charge is 0.478 e. The van der Waals surface area contributed by atoms with Gasteiger partial charge in [0.05, 0.1) is 6.61 Å². The van der Waals surface area contributed by atoms with Crippen LogP contribution in [0.4, 0.5) is 5.82 Å². The maximum atomic E-state index is 11.6. The number of hydrogen-bond acceptors (Lipinski definition) is 4. The zero-order valence-corrected chi connectivity index (χ0v) is 15.9. The summed E-state index contributed by atoms with van der Waals surface area (Å²) in [5.41, 5.74) is 2.15. The fourth-order valence-electron chi connectivity index (χ4n) is 4.06. The van der Waals surface area contributed by atoms with Crippen molar-refractivity contribution in [3.05, 3.63) is 59.3 Å². The van der Waals surface area contributed by atoms with E-state index in [0.29, 0.717) is 12.4 Å². The Bertz CT molecular complexity index is 778. The molecule has 0 saturated carbocycles. The van der Waals surface area contributed by atoms with Gasteiger partial charge in [-0.05, 0) is 56.7 Å². The van der Waals surface area contributed by atoms with Gasteiger partial charge < -0.3 is 15.1 Å². The van der Waals surface area contributed by atoms with Gasteiger partial charge in [0.15, 0.2) is 0 Å². The second-order valence-electron chi connectivity index (χ2n) is 7.65. The lowest BCUT2D eigenvalue weighted by Crippen LogP contribution is -2.46. The molecule has 1 atom stereocenters. The topological polar surface area (TPSA) is 73.7 Å². The third-order valence-corrected chi connectivity index (χ3v) is 5.56. The first kappa shape index (κ1) is 19.4. The normalized spacial score (nSPS) is 19.9. The number of benzene rings is 1. The molecule has 1 saturated heterocycles. The monoisotopic (exact) mass is 368 g/mol. The molecule has 1 aliphatic rings. The van der Waals surface area contributed by atoms with E-state index in [-0.39, 0.29) is 17.6 Å². The van der Waals surface area contributed by atoms with Crippen molar-refractivity contribution < 1.29 is 15.0 Å². The van der Waals surface area contributed by atoms with Crippen LogP contribution in [0.5, 0.6) is 0 Å². The highest BCUT2D eigenvalue weighted by Crippen LogP contribution is 2.37. The van der Waals surface area contributed by atoms with Crippen LogP contribution in [0.1, 0.15) is 47.3 Å². The number of aryl methyl sites for hydroxylation is 2. The highest BCUT2D eigenvalue weighted by molar-refractivity contribution is 5.93. The summed E-state index contributed by atoms with van der Waals surface area (Å²) in [5, 5.41) is 19.7. The van der Waals surface area contributed by atoms with Crippen LogP contribution in [-0.2, 0) is 6.42 Å². The van der Waals surface area contributed by atoms with Gasteiger partial charge in [-0.25, -0.2) is 9.78 Å². The molecule has 0 aliphatic carbocycles. The van der Waals surface area contributed by atoms with E-state index < -0.39 is 5.97 Å². The molecular weight excluding hydrogens is 340 g/mol. The molecule has 0 spiro atoms. The van der Waals surface area contributed by atoms with E-state index in [1.807, 2.05) is 13.0 Å². The van der Waals surface area contributed by atoms with Crippen molar-refractivity contribution in [2.24, 2.45) is 5.41 Å². The molecule has 2 N–H and O–H groups in total. The average Bonchev–Trinajstić information content (AvgIpc) is 2.68. The predicted octanol–water partition coefficient (Wildman–Crippen LogP) is 3.69. The summed E-state index contributed by atoms with van der Waals surface area (Å²) in [7, 11) is 0. The first-order valence-corrected chi connectivity index (χ1v) is 9.64. The molecule has 0 radical (unpaired) electrons. The Kier molecular flexibility index (Phi) is 6.11. The lowest BCUT2D eigenvalue weighted by atomic mass is 9.76. The maximum absolute atomic E-state index is 11.6. The van der Waals surface area contributed by atoms with Gasteiger partial charge in [0.2, 0.25) is 0 Å². The summed E-state index contributed by atoms with van der Waals surface area (Å²) in [6.45, 7) is 3.41. The van der Waals surface area contributed by atoms with Crippen molar-refractivity contribution in [3.8, 4) is 0 Å². The van der Waals surface area contributed by atoms with Crippen molar-refractivity contribution in [1.82, 2.24) is 4.98 Å². The number of nitrogens with zero attached hydrogens (tertiary/aromatic N) is 2. The Morgan fingerprint density at radius 2 is 2.00 bits per heavy atom. The van der Waals surface area contributed by atoms with Crippen LogP contribution >= 0.6 is 0 Å². The summed E-state index contributed by atoms with van der Waals surface area (Å²) in [6.07, 6.45) is 4.81. The van der Waals surface area contributed by atoms with Crippen LogP contribution in [0, 0.1) is 12.3 Å². The molecule has 3 rings (SSSR count). The van der Waals surface area contributed by atoms with E-state index in [1.165, 1.54) is 5.56 Å². The van der Waals surface area contributed by atoms with Crippen molar-refractivity contribution in [1.29, 1.82) is 0 Å². The van der Waals surface area contributed by atoms with Gasteiger partial charge in [-0.1, -0.05) is 30.3 Å². The fourth-order valence-corrected chi connectivity index (χ4v) is 4.06. The van der Waals surface area contributed by atoms with Crippen molar-refractivity contribution in [3.63, 3.8) is 0 Å². The number of anilines is 1. The highest BCUT2D eigenvalue weighted by atomic mass is 16.4. The SMILES string of the molecule is Cc1ccc(C(=O)O)c(N2CCC[C@](CO)(CCCc3ccccc3)C2)n1. The Morgan fingerprint density at radius 1 is 1.22 bits per heavy atom. The zero-order chi connectivity index (χ0) is 19.3. The number of hydrogen-bond donors (Lipinski definition) is 2. The van der Waals surface area contributed by atoms with Gasteiger partial charge >= 0.3 is 5.97 Å². The molecule has 27 heavy (non-hydrogen) atoms. The molecule has 2 heterocycles. The van der Waals surface area contributed by atoms with E-state index in [1.54, 1.807) is 12.1 Å². The second-order valence-corrected chi connectivity index (χ2v) is 7.65. The van der Waals surface area contributed by atoms with Crippen LogP contribution in [0.15, 0.2) is 42.5 Å². The van der Waals surface area contributed by atoms with Gasteiger partial charge in [0, 0.05) is 24.2 Å². The summed E-state index contributed by atoms with van der Waals surface area (Å²) < 4.78 is 0. The number of pyridine rings is 1. The molecule has 1 aromatic carbocycles. The number of aromatic carboxylic acids is 1. The molecule has 5 nitrogen and oxygen atoms in total. The van der Waals surface area contributed by atoms with Gasteiger partial charge in [-0.2, -0.15) is 0 Å². The highest BCUT2D eigenvalue weighted by Gasteiger charge is 2.36. The van der Waals surface area contributed by atoms with E-state index in [9.17, 15) is 15.0 Å². The molecule has 1 aliphatic heterocycles. The number of carbonyl (C=O) groups is 1. The molecular formula is C22H28N2O3. The first-order chi connectivity index (χ1) is 13.0.